The maximum absolute atomic E-state index is 11.7. The molecule has 19 heavy (non-hydrogen) atoms. The lowest BCUT2D eigenvalue weighted by molar-refractivity contribution is -0.121. The third kappa shape index (κ3) is 4.37. The number of carbonyl (C=O) groups excluding carboxylic acids is 1. The third-order valence-electron chi connectivity index (χ3n) is 2.92. The number of thiophene rings is 1. The lowest BCUT2D eigenvalue weighted by Crippen LogP contribution is -2.22. The molecule has 100 valence electrons. The number of nitrogens with one attached hydrogen (secondary N) is 1. The Hall–Kier alpha value is -1.32. The van der Waals surface area contributed by atoms with Crippen molar-refractivity contribution in [2.45, 2.75) is 26.3 Å². The van der Waals surface area contributed by atoms with E-state index in [0.717, 1.165) is 22.6 Å². The first-order chi connectivity index (χ1) is 9.15. The van der Waals surface area contributed by atoms with E-state index in [2.05, 4.69) is 5.32 Å². The highest BCUT2D eigenvalue weighted by Crippen LogP contribution is 2.17. The first kappa shape index (κ1) is 14.1. The number of rotatable bonds is 5. The Kier molecular flexibility index (Phi) is 5.00. The summed E-state index contributed by atoms with van der Waals surface area (Å²) >= 11 is 7.71. The molecule has 0 spiro atoms. The van der Waals surface area contributed by atoms with Crippen molar-refractivity contribution in [3.05, 3.63) is 56.7 Å². The Morgan fingerprint density at radius 1 is 1.37 bits per heavy atom. The summed E-state index contributed by atoms with van der Waals surface area (Å²) in [5.41, 5.74) is 2.16. The maximum Gasteiger partial charge on any atom is 0.220 e. The molecule has 0 bridgehead atoms. The summed E-state index contributed by atoms with van der Waals surface area (Å²) in [6.45, 7) is 2.59. The monoisotopic (exact) mass is 293 g/mol. The number of hydrogen-bond acceptors (Lipinski definition) is 2. The molecule has 0 saturated heterocycles. The second kappa shape index (κ2) is 6.73. The number of aryl methyl sites for hydroxylation is 2. The highest BCUT2D eigenvalue weighted by atomic mass is 35.5. The average molecular weight is 294 g/mol. The second-order valence-electron chi connectivity index (χ2n) is 4.44. The zero-order chi connectivity index (χ0) is 13.7. The fourth-order valence-corrected chi connectivity index (χ4v) is 2.58. The number of hydrogen-bond donors (Lipinski definition) is 1. The zero-order valence-corrected chi connectivity index (χ0v) is 12.4. The molecule has 0 saturated carbocycles. The fourth-order valence-electron chi connectivity index (χ4n) is 1.74. The molecule has 1 N–H and O–H groups in total. The van der Waals surface area contributed by atoms with Gasteiger partial charge in [0.15, 0.2) is 0 Å². The van der Waals surface area contributed by atoms with E-state index in [1.54, 1.807) is 11.3 Å². The van der Waals surface area contributed by atoms with E-state index in [1.807, 2.05) is 42.6 Å². The van der Waals surface area contributed by atoms with Gasteiger partial charge < -0.3 is 5.32 Å². The molecule has 1 heterocycles. The minimum absolute atomic E-state index is 0.0742. The fraction of sp³-hybridized carbons (Fsp3) is 0.267. The minimum Gasteiger partial charge on any atom is -0.351 e. The summed E-state index contributed by atoms with van der Waals surface area (Å²) in [5, 5.41) is 5.69. The standard InChI is InChI=1S/C15H16ClNOS/c1-11-4-5-12(9-14(11)16)6-7-15(18)17-10-13-3-2-8-19-13/h2-5,8-9H,6-7,10H2,1H3,(H,17,18). The van der Waals surface area contributed by atoms with E-state index in [0.29, 0.717) is 13.0 Å². The molecule has 0 aliphatic heterocycles. The van der Waals surface area contributed by atoms with E-state index >= 15 is 0 Å². The Morgan fingerprint density at radius 2 is 2.21 bits per heavy atom. The van der Waals surface area contributed by atoms with Gasteiger partial charge in [-0.25, -0.2) is 0 Å². The summed E-state index contributed by atoms with van der Waals surface area (Å²) < 4.78 is 0. The summed E-state index contributed by atoms with van der Waals surface area (Å²) in [7, 11) is 0. The van der Waals surface area contributed by atoms with E-state index in [9.17, 15) is 4.79 Å². The molecular formula is C15H16ClNOS. The van der Waals surface area contributed by atoms with Crippen LogP contribution in [0.2, 0.25) is 5.02 Å². The van der Waals surface area contributed by atoms with Crippen LogP contribution in [0.4, 0.5) is 0 Å². The predicted molar refractivity (Wildman–Crippen MR) is 80.7 cm³/mol. The molecule has 1 aromatic carbocycles. The molecule has 1 aromatic heterocycles. The molecule has 0 fully saturated rings. The largest absolute Gasteiger partial charge is 0.351 e. The van der Waals surface area contributed by atoms with Crippen LogP contribution in [-0.2, 0) is 17.8 Å². The maximum atomic E-state index is 11.7. The van der Waals surface area contributed by atoms with Crippen molar-refractivity contribution in [3.8, 4) is 0 Å². The number of amides is 1. The number of carbonyl (C=O) groups is 1. The van der Waals surface area contributed by atoms with E-state index < -0.39 is 0 Å². The third-order valence-corrected chi connectivity index (χ3v) is 4.20. The Labute approximate surface area is 122 Å². The average Bonchev–Trinajstić information content (AvgIpc) is 2.91. The lowest BCUT2D eigenvalue weighted by Gasteiger charge is -2.05. The molecule has 2 aromatic rings. The van der Waals surface area contributed by atoms with Gasteiger partial charge in [0.05, 0.1) is 6.54 Å². The Balaban J connectivity index is 1.78. The Morgan fingerprint density at radius 3 is 2.89 bits per heavy atom. The van der Waals surface area contributed by atoms with Crippen LogP contribution in [0.1, 0.15) is 22.4 Å². The van der Waals surface area contributed by atoms with Crippen LogP contribution in [0.25, 0.3) is 0 Å². The second-order valence-corrected chi connectivity index (χ2v) is 5.88. The van der Waals surface area contributed by atoms with Crippen LogP contribution in [0.3, 0.4) is 0 Å². The molecule has 1 amide bonds. The first-order valence-corrected chi connectivity index (χ1v) is 7.45. The molecular weight excluding hydrogens is 278 g/mol. The van der Waals surface area contributed by atoms with Gasteiger partial charge in [-0.1, -0.05) is 29.8 Å². The van der Waals surface area contributed by atoms with Gasteiger partial charge in [-0.2, -0.15) is 0 Å². The first-order valence-electron chi connectivity index (χ1n) is 6.19. The highest BCUT2D eigenvalue weighted by Gasteiger charge is 2.04. The van der Waals surface area contributed by atoms with Gasteiger partial charge in [0.2, 0.25) is 5.91 Å². The van der Waals surface area contributed by atoms with Gasteiger partial charge in [0.1, 0.15) is 0 Å². The van der Waals surface area contributed by atoms with E-state index in [1.165, 1.54) is 4.88 Å². The molecule has 0 radical (unpaired) electrons. The van der Waals surface area contributed by atoms with Crippen molar-refractivity contribution in [1.82, 2.24) is 5.32 Å². The van der Waals surface area contributed by atoms with E-state index in [4.69, 9.17) is 11.6 Å². The van der Waals surface area contributed by atoms with E-state index in [-0.39, 0.29) is 5.91 Å². The summed E-state index contributed by atoms with van der Waals surface area (Å²) in [4.78, 5) is 12.9. The molecule has 0 aliphatic carbocycles. The quantitative estimate of drug-likeness (QED) is 0.888. The van der Waals surface area contributed by atoms with Gasteiger partial charge in [-0.05, 0) is 42.0 Å². The molecule has 0 aliphatic rings. The van der Waals surface area contributed by atoms with Crippen molar-refractivity contribution in [2.24, 2.45) is 0 Å². The minimum atomic E-state index is 0.0742. The molecule has 0 atom stereocenters. The summed E-state index contributed by atoms with van der Waals surface area (Å²) in [5.74, 6) is 0.0742. The predicted octanol–water partition coefficient (Wildman–Crippen LogP) is 3.96. The van der Waals surface area contributed by atoms with Crippen molar-refractivity contribution >= 4 is 28.8 Å². The van der Waals surface area contributed by atoms with Gasteiger partial charge in [-0.3, -0.25) is 4.79 Å². The van der Waals surface area contributed by atoms with Crippen LogP contribution in [0, 0.1) is 6.92 Å². The summed E-state index contributed by atoms with van der Waals surface area (Å²) in [6.07, 6.45) is 1.21. The van der Waals surface area contributed by atoms with Crippen molar-refractivity contribution in [2.75, 3.05) is 0 Å². The zero-order valence-electron chi connectivity index (χ0n) is 10.8. The molecule has 4 heteroatoms. The number of halogens is 1. The van der Waals surface area contributed by atoms with Crippen LogP contribution < -0.4 is 5.32 Å². The molecule has 2 rings (SSSR count). The Bertz CT molecular complexity index is 551. The van der Waals surface area contributed by atoms with Gasteiger partial charge in [0, 0.05) is 16.3 Å². The summed E-state index contributed by atoms with van der Waals surface area (Å²) in [6, 6.07) is 9.95. The van der Waals surface area contributed by atoms with Crippen molar-refractivity contribution < 1.29 is 4.79 Å². The van der Waals surface area contributed by atoms with Crippen LogP contribution in [0.5, 0.6) is 0 Å². The lowest BCUT2D eigenvalue weighted by atomic mass is 10.1. The molecule has 2 nitrogen and oxygen atoms in total. The highest BCUT2D eigenvalue weighted by molar-refractivity contribution is 7.09. The topological polar surface area (TPSA) is 29.1 Å². The normalized spacial score (nSPS) is 10.4. The van der Waals surface area contributed by atoms with Gasteiger partial charge in [-0.15, -0.1) is 11.3 Å². The van der Waals surface area contributed by atoms with Crippen molar-refractivity contribution in [3.63, 3.8) is 0 Å². The number of benzene rings is 1. The van der Waals surface area contributed by atoms with Crippen LogP contribution in [-0.4, -0.2) is 5.91 Å². The SMILES string of the molecule is Cc1ccc(CCC(=O)NCc2cccs2)cc1Cl. The van der Waals surface area contributed by atoms with Crippen LogP contribution in [0.15, 0.2) is 35.7 Å². The van der Waals surface area contributed by atoms with Gasteiger partial charge in [0.25, 0.3) is 0 Å². The van der Waals surface area contributed by atoms with Gasteiger partial charge >= 0.3 is 0 Å². The van der Waals surface area contributed by atoms with Crippen molar-refractivity contribution in [1.29, 1.82) is 0 Å². The molecule has 0 unspecified atom stereocenters. The smallest absolute Gasteiger partial charge is 0.220 e. The van der Waals surface area contributed by atoms with Crippen LogP contribution >= 0.6 is 22.9 Å².